The van der Waals surface area contributed by atoms with E-state index < -0.39 is 0 Å². The van der Waals surface area contributed by atoms with Gasteiger partial charge in [-0.05, 0) is 48.1 Å². The van der Waals surface area contributed by atoms with Gasteiger partial charge in [-0.1, -0.05) is 63.6 Å². The number of rotatable bonds is 4. The number of benzene rings is 1. The first-order valence-corrected chi connectivity index (χ1v) is 11.2. The van der Waals surface area contributed by atoms with Crippen molar-refractivity contribution in [3.63, 3.8) is 0 Å². The number of piperidine rings is 1. The molecule has 2 heterocycles. The van der Waals surface area contributed by atoms with Crippen molar-refractivity contribution in [3.05, 3.63) is 42.2 Å². The molecule has 1 aromatic carbocycles. The Bertz CT molecular complexity index is 763. The van der Waals surface area contributed by atoms with Crippen LogP contribution < -0.4 is 4.90 Å². The Labute approximate surface area is 168 Å². The molecule has 1 aliphatic carbocycles. The fourth-order valence-corrected chi connectivity index (χ4v) is 5.93. The van der Waals surface area contributed by atoms with Crippen molar-refractivity contribution in [2.24, 2.45) is 11.3 Å². The van der Waals surface area contributed by atoms with E-state index in [4.69, 9.17) is 9.97 Å². The Kier molecular flexibility index (Phi) is 5.45. The van der Waals surface area contributed by atoms with Gasteiger partial charge in [0.15, 0.2) is 0 Å². The maximum atomic E-state index is 4.75. The molecule has 0 amide bonds. The number of aromatic nitrogens is 2. The Morgan fingerprint density at radius 2 is 1.85 bits per heavy atom. The SMILES string of the molecule is CC(C)c1ccccc1Sc1cnc(N2CCC3(CCC[C@H]3C)CC2)cn1. The molecule has 1 saturated carbocycles. The highest BCUT2D eigenvalue weighted by Gasteiger charge is 2.42. The predicted octanol–water partition coefficient (Wildman–Crippen LogP) is 6.16. The van der Waals surface area contributed by atoms with Crippen molar-refractivity contribution in [2.45, 2.75) is 68.7 Å². The molecule has 0 N–H and O–H groups in total. The van der Waals surface area contributed by atoms with Gasteiger partial charge in [0, 0.05) is 18.0 Å². The van der Waals surface area contributed by atoms with Crippen molar-refractivity contribution < 1.29 is 0 Å². The normalized spacial score (nSPS) is 21.9. The summed E-state index contributed by atoms with van der Waals surface area (Å²) in [5.41, 5.74) is 1.99. The lowest BCUT2D eigenvalue weighted by molar-refractivity contribution is 0.161. The summed E-state index contributed by atoms with van der Waals surface area (Å²) in [6.07, 6.45) is 10.8. The van der Waals surface area contributed by atoms with Crippen LogP contribution in [0.3, 0.4) is 0 Å². The molecule has 2 aromatic rings. The number of hydrogen-bond acceptors (Lipinski definition) is 4. The van der Waals surface area contributed by atoms with E-state index in [-0.39, 0.29) is 0 Å². The van der Waals surface area contributed by atoms with E-state index in [9.17, 15) is 0 Å². The van der Waals surface area contributed by atoms with Gasteiger partial charge in [0.25, 0.3) is 0 Å². The summed E-state index contributed by atoms with van der Waals surface area (Å²) in [6.45, 7) is 9.19. The molecule has 0 unspecified atom stereocenters. The molecule has 1 aromatic heterocycles. The van der Waals surface area contributed by atoms with E-state index in [1.54, 1.807) is 11.8 Å². The number of hydrogen-bond donors (Lipinski definition) is 0. The Hall–Kier alpha value is -1.55. The first-order chi connectivity index (χ1) is 13.1. The largest absolute Gasteiger partial charge is 0.355 e. The van der Waals surface area contributed by atoms with Crippen molar-refractivity contribution in [3.8, 4) is 0 Å². The zero-order valence-corrected chi connectivity index (χ0v) is 17.6. The molecule has 1 saturated heterocycles. The van der Waals surface area contributed by atoms with Gasteiger partial charge in [-0.3, -0.25) is 0 Å². The number of nitrogens with zero attached hydrogens (tertiary/aromatic N) is 3. The van der Waals surface area contributed by atoms with E-state index in [1.807, 2.05) is 12.4 Å². The van der Waals surface area contributed by atoms with Gasteiger partial charge in [0.05, 0.1) is 12.4 Å². The second kappa shape index (κ2) is 7.83. The lowest BCUT2D eigenvalue weighted by Gasteiger charge is -2.42. The van der Waals surface area contributed by atoms with E-state index in [1.165, 1.54) is 42.6 Å². The van der Waals surface area contributed by atoms with Gasteiger partial charge in [-0.2, -0.15) is 0 Å². The van der Waals surface area contributed by atoms with Crippen molar-refractivity contribution >= 4 is 17.6 Å². The summed E-state index contributed by atoms with van der Waals surface area (Å²) >= 11 is 1.72. The highest BCUT2D eigenvalue weighted by atomic mass is 32.2. The van der Waals surface area contributed by atoms with Crippen LogP contribution in [0.1, 0.15) is 64.4 Å². The van der Waals surface area contributed by atoms with Crippen molar-refractivity contribution in [1.82, 2.24) is 9.97 Å². The smallest absolute Gasteiger partial charge is 0.147 e. The van der Waals surface area contributed by atoms with Crippen LogP contribution in [-0.4, -0.2) is 23.1 Å². The fraction of sp³-hybridized carbons (Fsp3) is 0.565. The average Bonchev–Trinajstić information content (AvgIpc) is 3.03. The third kappa shape index (κ3) is 3.87. The minimum atomic E-state index is 0.514. The molecule has 1 spiro atoms. The monoisotopic (exact) mass is 381 g/mol. The summed E-state index contributed by atoms with van der Waals surface area (Å²) in [4.78, 5) is 13.2. The van der Waals surface area contributed by atoms with Gasteiger partial charge in [-0.15, -0.1) is 0 Å². The predicted molar refractivity (Wildman–Crippen MR) is 114 cm³/mol. The van der Waals surface area contributed by atoms with Crippen LogP contribution in [0.15, 0.2) is 46.6 Å². The molecule has 0 radical (unpaired) electrons. The van der Waals surface area contributed by atoms with Crippen LogP contribution >= 0.6 is 11.8 Å². The van der Waals surface area contributed by atoms with Crippen LogP contribution in [0.2, 0.25) is 0 Å². The summed E-state index contributed by atoms with van der Waals surface area (Å²) in [5, 5.41) is 0.977. The van der Waals surface area contributed by atoms with Crippen LogP contribution in [0.25, 0.3) is 0 Å². The van der Waals surface area contributed by atoms with Crippen LogP contribution in [0, 0.1) is 11.3 Å². The molecule has 2 fully saturated rings. The lowest BCUT2D eigenvalue weighted by Crippen LogP contribution is -2.41. The summed E-state index contributed by atoms with van der Waals surface area (Å²) in [5.74, 6) is 2.45. The Morgan fingerprint density at radius 3 is 2.48 bits per heavy atom. The Balaban J connectivity index is 1.41. The quantitative estimate of drug-likeness (QED) is 0.634. The highest BCUT2D eigenvalue weighted by molar-refractivity contribution is 7.99. The first kappa shape index (κ1) is 18.8. The van der Waals surface area contributed by atoms with E-state index in [2.05, 4.69) is 49.9 Å². The topological polar surface area (TPSA) is 29.0 Å². The van der Waals surface area contributed by atoms with Crippen molar-refractivity contribution in [2.75, 3.05) is 18.0 Å². The lowest BCUT2D eigenvalue weighted by atomic mass is 9.71. The van der Waals surface area contributed by atoms with Crippen LogP contribution in [-0.2, 0) is 0 Å². The molecule has 4 heteroatoms. The van der Waals surface area contributed by atoms with E-state index in [0.717, 1.165) is 29.9 Å². The van der Waals surface area contributed by atoms with Crippen LogP contribution in [0.5, 0.6) is 0 Å². The van der Waals surface area contributed by atoms with Gasteiger partial charge >= 0.3 is 0 Å². The van der Waals surface area contributed by atoms with Crippen molar-refractivity contribution in [1.29, 1.82) is 0 Å². The minimum Gasteiger partial charge on any atom is -0.355 e. The van der Waals surface area contributed by atoms with Gasteiger partial charge in [0.2, 0.25) is 0 Å². The zero-order valence-electron chi connectivity index (χ0n) is 16.8. The van der Waals surface area contributed by atoms with E-state index >= 15 is 0 Å². The molecule has 144 valence electrons. The summed E-state index contributed by atoms with van der Waals surface area (Å²) < 4.78 is 0. The number of anilines is 1. The van der Waals surface area contributed by atoms with Gasteiger partial charge in [0.1, 0.15) is 10.8 Å². The molecular weight excluding hydrogens is 350 g/mol. The maximum Gasteiger partial charge on any atom is 0.147 e. The van der Waals surface area contributed by atoms with Crippen LogP contribution in [0.4, 0.5) is 5.82 Å². The molecule has 27 heavy (non-hydrogen) atoms. The summed E-state index contributed by atoms with van der Waals surface area (Å²) in [6, 6.07) is 8.61. The molecule has 2 aliphatic rings. The molecule has 3 nitrogen and oxygen atoms in total. The van der Waals surface area contributed by atoms with E-state index in [0.29, 0.717) is 11.3 Å². The fourth-order valence-electron chi connectivity index (χ4n) is 4.93. The third-order valence-corrected chi connectivity index (χ3v) is 7.82. The van der Waals surface area contributed by atoms with Gasteiger partial charge in [-0.25, -0.2) is 9.97 Å². The molecular formula is C23H31N3S. The summed E-state index contributed by atoms with van der Waals surface area (Å²) in [7, 11) is 0. The average molecular weight is 382 g/mol. The standard InChI is InChI=1S/C23H31N3S/c1-17(2)19-8-4-5-9-20(19)27-22-16-24-21(15-25-22)26-13-11-23(12-14-26)10-6-7-18(23)3/h4-5,8-9,15-18H,6-7,10-14H2,1-3H3/t18-/m1/s1. The molecule has 0 bridgehead atoms. The third-order valence-electron chi connectivity index (χ3n) is 6.81. The maximum absolute atomic E-state index is 4.75. The minimum absolute atomic E-state index is 0.514. The van der Waals surface area contributed by atoms with Gasteiger partial charge < -0.3 is 4.90 Å². The zero-order chi connectivity index (χ0) is 18.9. The molecule has 1 aliphatic heterocycles. The second-order valence-electron chi connectivity index (χ2n) is 8.65. The Morgan fingerprint density at radius 1 is 1.07 bits per heavy atom. The second-order valence-corrected chi connectivity index (χ2v) is 9.71. The molecule has 4 rings (SSSR count). The molecule has 1 atom stereocenters. The first-order valence-electron chi connectivity index (χ1n) is 10.4. The highest BCUT2D eigenvalue weighted by Crippen LogP contribution is 2.50.